The Balaban J connectivity index is 2.91. The van der Waals surface area contributed by atoms with Gasteiger partial charge in [-0.1, -0.05) is 30.7 Å². The van der Waals surface area contributed by atoms with Crippen molar-refractivity contribution < 1.29 is 18.3 Å². The Morgan fingerprint density at radius 2 is 2.11 bits per heavy atom. The minimum absolute atomic E-state index is 0.190. The van der Waals surface area contributed by atoms with Gasteiger partial charge in [-0.3, -0.25) is 4.79 Å². The van der Waals surface area contributed by atoms with Crippen LogP contribution in [0.4, 0.5) is 0 Å². The molecule has 5 nitrogen and oxygen atoms in total. The Labute approximate surface area is 117 Å². The molecule has 0 radical (unpaired) electrons. The van der Waals surface area contributed by atoms with E-state index in [0.29, 0.717) is 17.0 Å². The summed E-state index contributed by atoms with van der Waals surface area (Å²) in [5.74, 6) is -1.41. The third-order valence-corrected chi connectivity index (χ3v) is 4.45. The quantitative estimate of drug-likeness (QED) is 0.835. The van der Waals surface area contributed by atoms with Crippen molar-refractivity contribution in [3.05, 3.63) is 34.9 Å². The third-order valence-electron chi connectivity index (χ3n) is 2.42. The molecular formula is C12H16ClNO4S. The normalized spacial score (nSPS) is 11.7. The van der Waals surface area contributed by atoms with Crippen molar-refractivity contribution in [2.24, 2.45) is 0 Å². The highest BCUT2D eigenvalue weighted by atomic mass is 35.5. The first-order valence-corrected chi connectivity index (χ1v) is 7.78. The number of rotatable bonds is 7. The van der Waals surface area contributed by atoms with Crippen LogP contribution in [-0.2, 0) is 20.6 Å². The van der Waals surface area contributed by atoms with Gasteiger partial charge in [0.15, 0.2) is 0 Å². The Hall–Kier alpha value is -1.11. The molecule has 0 aromatic heterocycles. The zero-order valence-electron chi connectivity index (χ0n) is 10.5. The first-order valence-electron chi connectivity index (χ1n) is 5.79. The molecule has 0 saturated heterocycles. The predicted octanol–water partition coefficient (Wildman–Crippen LogP) is 1.97. The fourth-order valence-electron chi connectivity index (χ4n) is 1.65. The summed E-state index contributed by atoms with van der Waals surface area (Å²) in [5.41, 5.74) is 0.541. The van der Waals surface area contributed by atoms with Gasteiger partial charge in [0.1, 0.15) is 6.54 Å². The van der Waals surface area contributed by atoms with Gasteiger partial charge in [-0.15, -0.1) is 0 Å². The van der Waals surface area contributed by atoms with Crippen LogP contribution < -0.4 is 0 Å². The number of hydrogen-bond donors (Lipinski definition) is 1. The van der Waals surface area contributed by atoms with Gasteiger partial charge in [0.25, 0.3) is 0 Å². The molecule has 0 fully saturated rings. The molecule has 1 N–H and O–H groups in total. The average Bonchev–Trinajstić information content (AvgIpc) is 2.27. The molecule has 0 atom stereocenters. The van der Waals surface area contributed by atoms with Crippen LogP contribution >= 0.6 is 11.6 Å². The molecule has 0 saturated carbocycles. The maximum Gasteiger partial charge on any atom is 0.318 e. The highest BCUT2D eigenvalue weighted by Gasteiger charge is 2.24. The second-order valence-corrected chi connectivity index (χ2v) is 6.52. The van der Waals surface area contributed by atoms with E-state index < -0.39 is 22.5 Å². The third kappa shape index (κ3) is 5.18. The molecule has 0 bridgehead atoms. The molecule has 0 aliphatic carbocycles. The van der Waals surface area contributed by atoms with Gasteiger partial charge in [-0.05, 0) is 24.1 Å². The van der Waals surface area contributed by atoms with Crippen LogP contribution in [-0.4, -0.2) is 36.9 Å². The molecule has 1 aromatic rings. The lowest BCUT2D eigenvalue weighted by Gasteiger charge is -2.19. The van der Waals surface area contributed by atoms with E-state index in [0.717, 1.165) is 4.31 Å². The van der Waals surface area contributed by atoms with E-state index in [1.165, 1.54) is 0 Å². The van der Waals surface area contributed by atoms with Crippen LogP contribution in [0.5, 0.6) is 0 Å². The molecule has 1 aromatic carbocycles. The summed E-state index contributed by atoms with van der Waals surface area (Å²) in [6.45, 7) is 1.47. The molecule has 0 spiro atoms. The predicted molar refractivity (Wildman–Crippen MR) is 73.6 cm³/mol. The summed E-state index contributed by atoms with van der Waals surface area (Å²) < 4.78 is 25.3. The highest BCUT2D eigenvalue weighted by Crippen LogP contribution is 2.15. The lowest BCUT2D eigenvalue weighted by molar-refractivity contribution is -0.137. The van der Waals surface area contributed by atoms with Crippen molar-refractivity contribution in [3.63, 3.8) is 0 Å². The van der Waals surface area contributed by atoms with Crippen molar-refractivity contribution in [3.8, 4) is 0 Å². The smallest absolute Gasteiger partial charge is 0.318 e. The van der Waals surface area contributed by atoms with Crippen LogP contribution in [0.1, 0.15) is 18.9 Å². The molecule has 0 heterocycles. The molecule has 0 aliphatic rings. The first-order chi connectivity index (χ1) is 8.85. The number of sulfonamides is 1. The molecule has 7 heteroatoms. The molecule has 1 rings (SSSR count). The largest absolute Gasteiger partial charge is 0.480 e. The molecular weight excluding hydrogens is 290 g/mol. The van der Waals surface area contributed by atoms with Crippen molar-refractivity contribution in [1.82, 2.24) is 4.31 Å². The molecule has 106 valence electrons. The summed E-state index contributed by atoms with van der Waals surface area (Å²) in [7, 11) is -3.66. The van der Waals surface area contributed by atoms with Gasteiger partial charge in [0.2, 0.25) is 10.0 Å². The Kier molecular flexibility index (Phi) is 5.78. The van der Waals surface area contributed by atoms with Gasteiger partial charge in [0.05, 0.1) is 5.75 Å². The minimum Gasteiger partial charge on any atom is -0.480 e. The van der Waals surface area contributed by atoms with Gasteiger partial charge in [-0.25, -0.2) is 8.42 Å². The van der Waals surface area contributed by atoms with E-state index in [4.69, 9.17) is 16.7 Å². The van der Waals surface area contributed by atoms with Crippen molar-refractivity contribution in [1.29, 1.82) is 0 Å². The topological polar surface area (TPSA) is 74.7 Å². The lowest BCUT2D eigenvalue weighted by Crippen LogP contribution is -2.37. The van der Waals surface area contributed by atoms with Crippen molar-refractivity contribution in [2.75, 3.05) is 13.1 Å². The number of nitrogens with zero attached hydrogens (tertiary/aromatic N) is 1. The van der Waals surface area contributed by atoms with E-state index in [1.54, 1.807) is 31.2 Å². The van der Waals surface area contributed by atoms with E-state index >= 15 is 0 Å². The number of carboxylic acid groups (broad SMARTS) is 1. The van der Waals surface area contributed by atoms with E-state index in [-0.39, 0.29) is 12.3 Å². The molecule has 0 unspecified atom stereocenters. The second kappa shape index (κ2) is 6.88. The first kappa shape index (κ1) is 15.9. The lowest BCUT2D eigenvalue weighted by atomic mass is 10.2. The zero-order valence-corrected chi connectivity index (χ0v) is 12.1. The van der Waals surface area contributed by atoms with Gasteiger partial charge in [0, 0.05) is 11.6 Å². The fraction of sp³-hybridized carbons (Fsp3) is 0.417. The average molecular weight is 306 g/mol. The molecule has 0 amide bonds. The number of aliphatic carboxylic acids is 1. The van der Waals surface area contributed by atoms with Crippen molar-refractivity contribution >= 4 is 27.6 Å². The Morgan fingerprint density at radius 3 is 2.63 bits per heavy atom. The van der Waals surface area contributed by atoms with Crippen LogP contribution in [0.25, 0.3) is 0 Å². The van der Waals surface area contributed by atoms with Crippen LogP contribution in [0.2, 0.25) is 5.02 Å². The highest BCUT2D eigenvalue weighted by molar-refractivity contribution is 7.88. The summed E-state index contributed by atoms with van der Waals surface area (Å²) in [6, 6.07) is 6.52. The number of halogens is 1. The summed E-state index contributed by atoms with van der Waals surface area (Å²) in [4.78, 5) is 10.7. The summed E-state index contributed by atoms with van der Waals surface area (Å²) in [5, 5.41) is 9.21. The van der Waals surface area contributed by atoms with Crippen molar-refractivity contribution in [2.45, 2.75) is 19.1 Å². The van der Waals surface area contributed by atoms with Gasteiger partial charge in [-0.2, -0.15) is 4.31 Å². The molecule has 0 aliphatic heterocycles. The minimum atomic E-state index is -3.66. The van der Waals surface area contributed by atoms with E-state index in [9.17, 15) is 13.2 Å². The summed E-state index contributed by atoms with van der Waals surface area (Å²) in [6.07, 6.45) is 0.558. The van der Waals surface area contributed by atoms with E-state index in [2.05, 4.69) is 0 Å². The Bertz CT molecular complexity index is 544. The number of benzene rings is 1. The van der Waals surface area contributed by atoms with Crippen LogP contribution in [0.15, 0.2) is 24.3 Å². The zero-order chi connectivity index (χ0) is 14.5. The van der Waals surface area contributed by atoms with Crippen LogP contribution in [0.3, 0.4) is 0 Å². The second-order valence-electron chi connectivity index (χ2n) is 4.11. The standard InChI is InChI=1S/C12H16ClNO4S/c1-2-6-14(8-12(15)16)19(17,18)9-10-4-3-5-11(13)7-10/h3-5,7H,2,6,8-9H2,1H3,(H,15,16). The fourth-order valence-corrected chi connectivity index (χ4v) is 3.41. The number of hydrogen-bond acceptors (Lipinski definition) is 3. The Morgan fingerprint density at radius 1 is 1.42 bits per heavy atom. The van der Waals surface area contributed by atoms with Crippen LogP contribution in [0, 0.1) is 0 Å². The summed E-state index contributed by atoms with van der Waals surface area (Å²) >= 11 is 5.80. The number of carboxylic acids is 1. The maximum absolute atomic E-state index is 12.2. The SMILES string of the molecule is CCCN(CC(=O)O)S(=O)(=O)Cc1cccc(Cl)c1. The van der Waals surface area contributed by atoms with E-state index in [1.807, 2.05) is 0 Å². The number of carbonyl (C=O) groups is 1. The maximum atomic E-state index is 12.2. The van der Waals surface area contributed by atoms with Gasteiger partial charge < -0.3 is 5.11 Å². The molecule has 19 heavy (non-hydrogen) atoms. The monoisotopic (exact) mass is 305 g/mol. The van der Waals surface area contributed by atoms with Gasteiger partial charge >= 0.3 is 5.97 Å².